The molecular weight excluding hydrogens is 304 g/mol. The molecular formula is C18H28N4O2. The molecule has 2 saturated heterocycles. The molecule has 1 aromatic heterocycles. The van der Waals surface area contributed by atoms with Gasteiger partial charge in [0.05, 0.1) is 18.1 Å². The molecule has 0 aromatic carbocycles. The maximum absolute atomic E-state index is 13.0. The number of rotatable bonds is 3. The van der Waals surface area contributed by atoms with E-state index in [1.54, 1.807) is 6.20 Å². The first kappa shape index (κ1) is 16.1. The van der Waals surface area contributed by atoms with Gasteiger partial charge in [-0.1, -0.05) is 0 Å². The number of carbonyl (C=O) groups is 1. The third kappa shape index (κ3) is 2.97. The van der Waals surface area contributed by atoms with Crippen molar-refractivity contribution in [3.8, 4) is 0 Å². The third-order valence-corrected chi connectivity index (χ3v) is 6.24. The molecule has 3 fully saturated rings. The first-order valence-corrected chi connectivity index (χ1v) is 9.14. The fraction of sp³-hybridized carbons (Fsp3) is 0.778. The zero-order chi connectivity index (χ0) is 16.8. The van der Waals surface area contributed by atoms with Crippen LogP contribution in [-0.2, 0) is 11.3 Å². The second-order valence-corrected chi connectivity index (χ2v) is 8.33. The zero-order valence-corrected chi connectivity index (χ0v) is 14.5. The molecule has 0 radical (unpaired) electrons. The van der Waals surface area contributed by atoms with Crippen LogP contribution in [0.4, 0.5) is 0 Å². The Morgan fingerprint density at radius 2 is 2.04 bits per heavy atom. The summed E-state index contributed by atoms with van der Waals surface area (Å²) in [5, 5.41) is 14.4. The van der Waals surface area contributed by atoms with E-state index in [1.165, 1.54) is 0 Å². The summed E-state index contributed by atoms with van der Waals surface area (Å²) in [4.78, 5) is 17.3. The van der Waals surface area contributed by atoms with Crippen molar-refractivity contribution in [1.29, 1.82) is 0 Å². The Labute approximate surface area is 143 Å². The number of aromatic nitrogens is 2. The second kappa shape index (κ2) is 5.85. The van der Waals surface area contributed by atoms with Gasteiger partial charge in [0.25, 0.3) is 0 Å². The topological polar surface area (TPSA) is 61.6 Å². The van der Waals surface area contributed by atoms with Crippen LogP contribution in [0.2, 0.25) is 0 Å². The number of nitrogens with zero attached hydrogens (tertiary/aromatic N) is 4. The minimum absolute atomic E-state index is 0.196. The van der Waals surface area contributed by atoms with Crippen LogP contribution < -0.4 is 0 Å². The second-order valence-electron chi connectivity index (χ2n) is 8.33. The van der Waals surface area contributed by atoms with Crippen molar-refractivity contribution in [3.63, 3.8) is 0 Å². The molecule has 3 aliphatic rings. The molecule has 1 amide bonds. The fourth-order valence-electron chi connectivity index (χ4n) is 4.80. The number of likely N-dealkylation sites (tertiary alicyclic amines) is 2. The zero-order valence-electron chi connectivity index (χ0n) is 14.5. The van der Waals surface area contributed by atoms with Crippen LogP contribution in [-0.4, -0.2) is 69.9 Å². The van der Waals surface area contributed by atoms with Crippen molar-refractivity contribution < 1.29 is 9.90 Å². The SMILES string of the molecule is CN1CC(O)CC2(CCN(C(=O)C3(Cn4cccn4)CC3)CC2)C1. The van der Waals surface area contributed by atoms with Crippen LogP contribution in [0.1, 0.15) is 32.1 Å². The van der Waals surface area contributed by atoms with Crippen molar-refractivity contribution in [1.82, 2.24) is 19.6 Å². The summed E-state index contributed by atoms with van der Waals surface area (Å²) in [5.41, 5.74) is -0.0126. The summed E-state index contributed by atoms with van der Waals surface area (Å²) >= 11 is 0. The van der Waals surface area contributed by atoms with Crippen LogP contribution in [0, 0.1) is 10.8 Å². The smallest absolute Gasteiger partial charge is 0.230 e. The van der Waals surface area contributed by atoms with Crippen molar-refractivity contribution in [3.05, 3.63) is 18.5 Å². The molecule has 2 aliphatic heterocycles. The van der Waals surface area contributed by atoms with Gasteiger partial charge in [0.2, 0.25) is 5.91 Å². The predicted molar refractivity (Wildman–Crippen MR) is 90.3 cm³/mol. The van der Waals surface area contributed by atoms with Crippen LogP contribution in [0.5, 0.6) is 0 Å². The van der Waals surface area contributed by atoms with E-state index in [9.17, 15) is 9.90 Å². The Balaban J connectivity index is 1.38. The number of hydrogen-bond acceptors (Lipinski definition) is 4. The lowest BCUT2D eigenvalue weighted by Gasteiger charge is -2.48. The molecule has 1 atom stereocenters. The van der Waals surface area contributed by atoms with E-state index in [-0.39, 0.29) is 16.9 Å². The first-order chi connectivity index (χ1) is 11.5. The van der Waals surface area contributed by atoms with Gasteiger partial charge in [0.15, 0.2) is 0 Å². The molecule has 3 heterocycles. The Bertz CT molecular complexity index is 576. The predicted octanol–water partition coefficient (Wildman–Crippen LogP) is 0.968. The van der Waals surface area contributed by atoms with Gasteiger partial charge >= 0.3 is 0 Å². The molecule has 6 nitrogen and oxygen atoms in total. The summed E-state index contributed by atoms with van der Waals surface area (Å²) in [5.74, 6) is 0.317. The number of likely N-dealkylation sites (N-methyl/N-ethyl adjacent to an activating group) is 1. The summed E-state index contributed by atoms with van der Waals surface area (Å²) in [6.45, 7) is 4.20. The Hall–Kier alpha value is -1.40. The van der Waals surface area contributed by atoms with Crippen molar-refractivity contribution in [2.75, 3.05) is 33.2 Å². The van der Waals surface area contributed by atoms with Gasteiger partial charge in [0.1, 0.15) is 0 Å². The molecule has 1 aromatic rings. The lowest BCUT2D eigenvalue weighted by Crippen LogP contribution is -2.54. The first-order valence-electron chi connectivity index (χ1n) is 9.14. The number of amides is 1. The molecule has 132 valence electrons. The molecule has 1 spiro atoms. The molecule has 6 heteroatoms. The third-order valence-electron chi connectivity index (χ3n) is 6.24. The minimum atomic E-state index is -0.222. The van der Waals surface area contributed by atoms with Crippen molar-refractivity contribution in [2.45, 2.75) is 44.8 Å². The van der Waals surface area contributed by atoms with E-state index >= 15 is 0 Å². The van der Waals surface area contributed by atoms with Gasteiger partial charge in [0, 0.05) is 38.6 Å². The molecule has 1 N–H and O–H groups in total. The maximum atomic E-state index is 13.0. The molecule has 4 rings (SSSR count). The van der Waals surface area contributed by atoms with Crippen molar-refractivity contribution >= 4 is 5.91 Å². The highest BCUT2D eigenvalue weighted by atomic mass is 16.3. The van der Waals surface area contributed by atoms with E-state index in [0.29, 0.717) is 12.5 Å². The highest BCUT2D eigenvalue weighted by molar-refractivity contribution is 5.85. The van der Waals surface area contributed by atoms with E-state index in [2.05, 4.69) is 21.9 Å². The van der Waals surface area contributed by atoms with Gasteiger partial charge < -0.3 is 14.9 Å². The van der Waals surface area contributed by atoms with Gasteiger partial charge in [-0.3, -0.25) is 9.48 Å². The Morgan fingerprint density at radius 1 is 1.29 bits per heavy atom. The standard InChI is InChI=1S/C18H28N4O2/c1-20-12-15(23)11-17(13-20)5-9-21(10-6-17)16(24)18(3-4-18)14-22-8-2-7-19-22/h2,7-8,15,23H,3-6,9-14H2,1H3. The average Bonchev–Trinajstić information content (AvgIpc) is 3.12. The number of hydrogen-bond donors (Lipinski definition) is 1. The maximum Gasteiger partial charge on any atom is 0.230 e. The van der Waals surface area contributed by atoms with Crippen LogP contribution in [0.15, 0.2) is 18.5 Å². The van der Waals surface area contributed by atoms with Crippen molar-refractivity contribution in [2.24, 2.45) is 10.8 Å². The normalized spacial score (nSPS) is 28.9. The Kier molecular flexibility index (Phi) is 3.92. The molecule has 0 bridgehead atoms. The van der Waals surface area contributed by atoms with Crippen LogP contribution >= 0.6 is 0 Å². The molecule has 1 saturated carbocycles. The van der Waals surface area contributed by atoms with Gasteiger partial charge in [-0.2, -0.15) is 5.10 Å². The van der Waals surface area contributed by atoms with Gasteiger partial charge in [-0.25, -0.2) is 0 Å². The number of piperidine rings is 2. The lowest BCUT2D eigenvalue weighted by atomic mass is 9.71. The summed E-state index contributed by atoms with van der Waals surface area (Å²) in [6, 6.07) is 1.91. The Morgan fingerprint density at radius 3 is 2.62 bits per heavy atom. The summed E-state index contributed by atoms with van der Waals surface area (Å²) in [6.07, 6.45) is 8.37. The number of carbonyl (C=O) groups excluding carboxylic acids is 1. The van der Waals surface area contributed by atoms with Gasteiger partial charge in [-0.05, 0) is 50.6 Å². The lowest BCUT2D eigenvalue weighted by molar-refractivity contribution is -0.141. The highest BCUT2D eigenvalue weighted by Gasteiger charge is 2.53. The number of aliphatic hydroxyl groups is 1. The highest BCUT2D eigenvalue weighted by Crippen LogP contribution is 2.50. The summed E-state index contributed by atoms with van der Waals surface area (Å²) in [7, 11) is 2.09. The number of aliphatic hydroxyl groups excluding tert-OH is 1. The monoisotopic (exact) mass is 332 g/mol. The molecule has 1 unspecified atom stereocenters. The van der Waals surface area contributed by atoms with E-state index < -0.39 is 0 Å². The van der Waals surface area contributed by atoms with Gasteiger partial charge in [-0.15, -0.1) is 0 Å². The van der Waals surface area contributed by atoms with E-state index in [0.717, 1.165) is 58.3 Å². The fourth-order valence-corrected chi connectivity index (χ4v) is 4.80. The van der Waals surface area contributed by atoms with Crippen LogP contribution in [0.3, 0.4) is 0 Å². The largest absolute Gasteiger partial charge is 0.392 e. The van der Waals surface area contributed by atoms with E-state index in [4.69, 9.17) is 0 Å². The molecule has 24 heavy (non-hydrogen) atoms. The van der Waals surface area contributed by atoms with Crippen LogP contribution in [0.25, 0.3) is 0 Å². The minimum Gasteiger partial charge on any atom is -0.392 e. The summed E-state index contributed by atoms with van der Waals surface area (Å²) < 4.78 is 1.89. The molecule has 1 aliphatic carbocycles. The van der Waals surface area contributed by atoms with E-state index in [1.807, 2.05) is 16.9 Å². The number of β-amino-alcohol motifs (C(OH)–C–C–N with tert-alkyl or cyclic N) is 1. The average molecular weight is 332 g/mol. The quantitative estimate of drug-likeness (QED) is 0.896.